The van der Waals surface area contributed by atoms with Crippen LogP contribution < -0.4 is 0 Å². The van der Waals surface area contributed by atoms with Gasteiger partial charge < -0.3 is 14.2 Å². The van der Waals surface area contributed by atoms with Gasteiger partial charge in [-0.25, -0.2) is 0 Å². The van der Waals surface area contributed by atoms with Crippen LogP contribution in [0.5, 0.6) is 0 Å². The van der Waals surface area contributed by atoms with Gasteiger partial charge in [-0.1, -0.05) is 169 Å². The van der Waals surface area contributed by atoms with E-state index in [0.29, 0.717) is 19.3 Å². The molecule has 0 saturated heterocycles. The van der Waals surface area contributed by atoms with Crippen molar-refractivity contribution in [2.24, 2.45) is 0 Å². The number of hydrogen-bond donors (Lipinski definition) is 0. The first kappa shape index (κ1) is 52.1. The SMILES string of the molecule is CC/C=C\C/C=C\C/C=C\C/C=C\C/C=C\CCC(=O)OCC(COC(=O)CCCCC/C=C\C=C/CCCC)OC(=O)CCCCC/C=C\C=C/CCCC. The molecule has 0 spiro atoms. The number of ether oxygens (including phenoxy) is 3. The van der Waals surface area contributed by atoms with Crippen molar-refractivity contribution in [1.29, 1.82) is 0 Å². The lowest BCUT2D eigenvalue weighted by molar-refractivity contribution is -0.166. The molecule has 1 atom stereocenters. The molecule has 0 saturated carbocycles. The molecule has 0 bridgehead atoms. The Kier molecular flexibility index (Phi) is 40.7. The molecule has 314 valence electrons. The molecule has 6 nitrogen and oxygen atoms in total. The van der Waals surface area contributed by atoms with Gasteiger partial charge in [0, 0.05) is 19.3 Å². The van der Waals surface area contributed by atoms with E-state index in [4.69, 9.17) is 14.2 Å². The Hall–Kier alpha value is -3.93. The molecular formula is C50H78O6. The van der Waals surface area contributed by atoms with Crippen LogP contribution in [0.15, 0.2) is 109 Å². The molecule has 0 aromatic carbocycles. The van der Waals surface area contributed by atoms with Gasteiger partial charge in [0.05, 0.1) is 0 Å². The van der Waals surface area contributed by atoms with Gasteiger partial charge in [-0.2, -0.15) is 0 Å². The Labute approximate surface area is 342 Å². The summed E-state index contributed by atoms with van der Waals surface area (Å²) in [5, 5.41) is 0. The Bertz CT molecular complexity index is 1210. The summed E-state index contributed by atoms with van der Waals surface area (Å²) >= 11 is 0. The molecule has 0 N–H and O–H groups in total. The van der Waals surface area contributed by atoms with Crippen LogP contribution in [0.1, 0.15) is 168 Å². The molecule has 0 heterocycles. The number of hydrogen-bond acceptors (Lipinski definition) is 6. The summed E-state index contributed by atoms with van der Waals surface area (Å²) in [6.07, 6.45) is 58.0. The van der Waals surface area contributed by atoms with E-state index < -0.39 is 6.10 Å². The van der Waals surface area contributed by atoms with Gasteiger partial charge >= 0.3 is 17.9 Å². The van der Waals surface area contributed by atoms with Crippen molar-refractivity contribution in [1.82, 2.24) is 0 Å². The third-order valence-corrected chi connectivity index (χ3v) is 8.55. The van der Waals surface area contributed by atoms with Gasteiger partial charge in [-0.3, -0.25) is 14.4 Å². The monoisotopic (exact) mass is 775 g/mol. The first-order valence-electron chi connectivity index (χ1n) is 21.9. The van der Waals surface area contributed by atoms with E-state index in [1.807, 2.05) is 12.2 Å². The van der Waals surface area contributed by atoms with Crippen LogP contribution in [0.25, 0.3) is 0 Å². The van der Waals surface area contributed by atoms with Crippen LogP contribution >= 0.6 is 0 Å². The molecular weight excluding hydrogens is 697 g/mol. The van der Waals surface area contributed by atoms with E-state index in [-0.39, 0.29) is 44.0 Å². The Morgan fingerprint density at radius 3 is 1.23 bits per heavy atom. The fourth-order valence-corrected chi connectivity index (χ4v) is 5.21. The highest BCUT2D eigenvalue weighted by atomic mass is 16.6. The lowest BCUT2D eigenvalue weighted by Gasteiger charge is -2.18. The number of rotatable bonds is 37. The summed E-state index contributed by atoms with van der Waals surface area (Å²) in [6.45, 7) is 6.26. The van der Waals surface area contributed by atoms with Gasteiger partial charge in [0.15, 0.2) is 6.10 Å². The zero-order valence-corrected chi connectivity index (χ0v) is 35.6. The maximum Gasteiger partial charge on any atom is 0.306 e. The molecule has 0 aromatic rings. The molecule has 6 heteroatoms. The highest BCUT2D eigenvalue weighted by molar-refractivity contribution is 5.71. The van der Waals surface area contributed by atoms with E-state index in [2.05, 4.69) is 118 Å². The minimum atomic E-state index is -0.831. The molecule has 0 fully saturated rings. The largest absolute Gasteiger partial charge is 0.462 e. The summed E-state index contributed by atoms with van der Waals surface area (Å²) in [5.74, 6) is -1.08. The molecule has 0 aliphatic heterocycles. The maximum absolute atomic E-state index is 12.7. The topological polar surface area (TPSA) is 78.9 Å². The van der Waals surface area contributed by atoms with E-state index in [0.717, 1.165) is 89.9 Å². The van der Waals surface area contributed by atoms with Crippen molar-refractivity contribution in [3.8, 4) is 0 Å². The first-order chi connectivity index (χ1) is 27.5. The van der Waals surface area contributed by atoms with E-state index in [9.17, 15) is 14.4 Å². The normalized spacial score (nSPS) is 13.1. The van der Waals surface area contributed by atoms with Crippen LogP contribution in [0, 0.1) is 0 Å². The van der Waals surface area contributed by atoms with Crippen molar-refractivity contribution in [2.45, 2.75) is 175 Å². The average molecular weight is 775 g/mol. The quantitative estimate of drug-likeness (QED) is 0.0206. The Morgan fingerprint density at radius 1 is 0.393 bits per heavy atom. The van der Waals surface area contributed by atoms with Gasteiger partial charge in [0.25, 0.3) is 0 Å². The number of carbonyl (C=O) groups excluding carboxylic acids is 3. The van der Waals surface area contributed by atoms with Crippen molar-refractivity contribution >= 4 is 17.9 Å². The molecule has 0 aromatic heterocycles. The van der Waals surface area contributed by atoms with Crippen LogP contribution in [0.3, 0.4) is 0 Å². The number of carbonyl (C=O) groups is 3. The molecule has 0 rings (SSSR count). The van der Waals surface area contributed by atoms with E-state index in [1.54, 1.807) is 0 Å². The predicted molar refractivity (Wildman–Crippen MR) is 237 cm³/mol. The highest BCUT2D eigenvalue weighted by Gasteiger charge is 2.19. The van der Waals surface area contributed by atoms with E-state index >= 15 is 0 Å². The van der Waals surface area contributed by atoms with Gasteiger partial charge in [0.2, 0.25) is 0 Å². The van der Waals surface area contributed by atoms with Crippen LogP contribution in [-0.2, 0) is 28.6 Å². The third kappa shape index (κ3) is 41.2. The van der Waals surface area contributed by atoms with Crippen LogP contribution in [0.4, 0.5) is 0 Å². The van der Waals surface area contributed by atoms with Crippen LogP contribution in [-0.4, -0.2) is 37.2 Å². The summed E-state index contributed by atoms with van der Waals surface area (Å²) in [7, 11) is 0. The third-order valence-electron chi connectivity index (χ3n) is 8.55. The van der Waals surface area contributed by atoms with Crippen molar-refractivity contribution < 1.29 is 28.6 Å². The van der Waals surface area contributed by atoms with Crippen molar-refractivity contribution in [2.75, 3.05) is 13.2 Å². The first-order valence-corrected chi connectivity index (χ1v) is 21.9. The number of esters is 3. The van der Waals surface area contributed by atoms with Gasteiger partial charge in [-0.05, 0) is 89.9 Å². The van der Waals surface area contributed by atoms with Gasteiger partial charge in [0.1, 0.15) is 13.2 Å². The lowest BCUT2D eigenvalue weighted by Crippen LogP contribution is -2.30. The second kappa shape index (κ2) is 43.8. The molecule has 0 aliphatic carbocycles. The van der Waals surface area contributed by atoms with Crippen molar-refractivity contribution in [3.05, 3.63) is 109 Å². The second-order valence-electron chi connectivity index (χ2n) is 13.9. The number of allylic oxidation sites excluding steroid dienone is 18. The van der Waals surface area contributed by atoms with E-state index in [1.165, 1.54) is 25.7 Å². The summed E-state index contributed by atoms with van der Waals surface area (Å²) in [6, 6.07) is 0. The summed E-state index contributed by atoms with van der Waals surface area (Å²) in [5.41, 5.74) is 0. The smallest absolute Gasteiger partial charge is 0.306 e. The lowest BCUT2D eigenvalue weighted by atomic mass is 10.1. The molecule has 56 heavy (non-hydrogen) atoms. The zero-order valence-electron chi connectivity index (χ0n) is 35.6. The Morgan fingerprint density at radius 2 is 0.786 bits per heavy atom. The fraction of sp³-hybridized carbons (Fsp3) is 0.580. The molecule has 1 unspecified atom stereocenters. The molecule has 0 amide bonds. The standard InChI is InChI=1S/C50H78O6/c1-4-7-10-13-16-19-22-23-24-25-26-29-31-34-37-40-43-49(52)55-46-47(56-50(53)44-41-38-35-32-28-21-18-15-12-9-6-3)45-54-48(51)42-39-36-33-30-27-20-17-14-11-8-5-2/h7,10,14-21,23-24,26-29,34,37,47H,4-6,8-9,11-13,22,25,30-33,35-36,38-46H2,1-3H3/b10-7-,17-14-,18-15-,19-16-,24-23-,27-20-,28-21-,29-26-,37-34-. The predicted octanol–water partition coefficient (Wildman–Crippen LogP) is 14.0. The maximum atomic E-state index is 12.7. The fourth-order valence-electron chi connectivity index (χ4n) is 5.21. The Balaban J connectivity index is 4.59. The van der Waals surface area contributed by atoms with Crippen molar-refractivity contribution in [3.63, 3.8) is 0 Å². The summed E-state index contributed by atoms with van der Waals surface area (Å²) in [4.78, 5) is 37.6. The number of unbranched alkanes of at least 4 members (excludes halogenated alkanes) is 10. The minimum Gasteiger partial charge on any atom is -0.462 e. The zero-order chi connectivity index (χ0) is 40.8. The van der Waals surface area contributed by atoms with Gasteiger partial charge in [-0.15, -0.1) is 0 Å². The van der Waals surface area contributed by atoms with Crippen LogP contribution in [0.2, 0.25) is 0 Å². The molecule has 0 radical (unpaired) electrons. The summed E-state index contributed by atoms with van der Waals surface area (Å²) < 4.78 is 16.5. The second-order valence-corrected chi connectivity index (χ2v) is 13.9. The highest BCUT2D eigenvalue weighted by Crippen LogP contribution is 2.10. The average Bonchev–Trinajstić information content (AvgIpc) is 3.19. The minimum absolute atomic E-state index is 0.129. The molecule has 0 aliphatic rings.